The molecule has 218 valence electrons. The third kappa shape index (κ3) is 6.62. The second kappa shape index (κ2) is 11.3. The number of nitrogens with zero attached hydrogens (tertiary/aromatic N) is 5. The van der Waals surface area contributed by atoms with Crippen LogP contribution in [0.3, 0.4) is 0 Å². The van der Waals surface area contributed by atoms with Crippen molar-refractivity contribution in [2.24, 2.45) is 5.92 Å². The number of carbonyl (C=O) groups is 1. The van der Waals surface area contributed by atoms with Crippen LogP contribution in [-0.4, -0.2) is 46.1 Å². The number of nitrogens with one attached hydrogen (secondary N) is 1. The van der Waals surface area contributed by atoms with Gasteiger partial charge in [-0.15, -0.1) is 0 Å². The van der Waals surface area contributed by atoms with Crippen molar-refractivity contribution in [1.82, 2.24) is 20.3 Å². The van der Waals surface area contributed by atoms with Gasteiger partial charge in [0.2, 0.25) is 11.8 Å². The highest BCUT2D eigenvalue weighted by Crippen LogP contribution is 2.34. The molecule has 1 saturated heterocycles. The number of amides is 1. The topological polar surface area (TPSA) is 117 Å². The molecule has 1 aliphatic rings. The number of carbonyl (C=O) groups excluding carboxylic acids is 1. The molecule has 0 aliphatic carbocycles. The Morgan fingerprint density at radius 3 is 2.48 bits per heavy atom. The van der Waals surface area contributed by atoms with Gasteiger partial charge in [-0.1, -0.05) is 0 Å². The number of aromatic nitrogens is 3. The van der Waals surface area contributed by atoms with Crippen LogP contribution in [0.5, 0.6) is 5.75 Å². The Bertz CT molecular complexity index is 1630. The van der Waals surface area contributed by atoms with E-state index in [2.05, 4.69) is 26.3 Å². The van der Waals surface area contributed by atoms with Crippen molar-refractivity contribution in [3.05, 3.63) is 65.5 Å². The first-order valence-corrected chi connectivity index (χ1v) is 13.5. The molecule has 1 fully saturated rings. The molecule has 0 unspecified atom stereocenters. The number of rotatable bonds is 6. The van der Waals surface area contributed by atoms with Gasteiger partial charge in [0, 0.05) is 43.0 Å². The van der Waals surface area contributed by atoms with E-state index in [1.165, 1.54) is 0 Å². The first kappa shape index (κ1) is 28.9. The van der Waals surface area contributed by atoms with Crippen LogP contribution in [0, 0.1) is 17.2 Å². The molecule has 1 N–H and O–H groups in total. The van der Waals surface area contributed by atoms with Gasteiger partial charge in [0.25, 0.3) is 5.91 Å². The molecule has 0 radical (unpaired) electrons. The smallest absolute Gasteiger partial charge is 0.433 e. The van der Waals surface area contributed by atoms with Gasteiger partial charge in [-0.3, -0.25) is 4.79 Å². The molecule has 0 atom stereocenters. The first-order valence-electron chi connectivity index (χ1n) is 13.5. The van der Waals surface area contributed by atoms with E-state index >= 15 is 0 Å². The molecular formula is C30H29F3N6O3. The lowest BCUT2D eigenvalue weighted by Gasteiger charge is -2.32. The molecule has 1 aliphatic heterocycles. The van der Waals surface area contributed by atoms with E-state index in [9.17, 15) is 23.2 Å². The number of oxazole rings is 1. The van der Waals surface area contributed by atoms with Gasteiger partial charge < -0.3 is 19.4 Å². The van der Waals surface area contributed by atoms with Crippen LogP contribution in [-0.2, 0) is 6.18 Å². The standard InChI is InChI=1S/C30H29F3N6O3/c1-29(2,3)42-23-15-19(16-34)14-22-25(23)41-27(37-22)21-6-4-20(5-7-21)26(40)36-17-18-9-12-39(13-10-18)28-35-11-8-24(38-28)30(31,32)33/h4-8,11,14-15,18H,9-10,12-13,17H2,1-3H3,(H,36,40). The minimum atomic E-state index is -4.52. The SMILES string of the molecule is CC(C)(C)Oc1cc(C#N)cc2nc(-c3ccc(C(=O)NCC4CCN(c5nccc(C(F)(F)F)n5)CC4)cc3)oc12. The number of nitriles is 1. The molecule has 0 spiro atoms. The summed E-state index contributed by atoms with van der Waals surface area (Å²) in [6.07, 6.45) is -2.03. The number of fused-ring (bicyclic) bond motifs is 1. The Balaban J connectivity index is 1.19. The van der Waals surface area contributed by atoms with E-state index in [-0.39, 0.29) is 17.8 Å². The van der Waals surface area contributed by atoms with Crippen molar-refractivity contribution in [3.63, 3.8) is 0 Å². The zero-order valence-corrected chi connectivity index (χ0v) is 23.3. The quantitative estimate of drug-likeness (QED) is 0.296. The summed E-state index contributed by atoms with van der Waals surface area (Å²) in [5, 5.41) is 12.4. The molecule has 0 bridgehead atoms. The van der Waals surface area contributed by atoms with Gasteiger partial charge >= 0.3 is 6.18 Å². The van der Waals surface area contributed by atoms with Crippen LogP contribution >= 0.6 is 0 Å². The van der Waals surface area contributed by atoms with Gasteiger partial charge in [0.05, 0.1) is 11.6 Å². The number of alkyl halides is 3. The number of hydrogen-bond acceptors (Lipinski definition) is 8. The van der Waals surface area contributed by atoms with Gasteiger partial charge in [-0.25, -0.2) is 15.0 Å². The lowest BCUT2D eigenvalue weighted by molar-refractivity contribution is -0.141. The summed E-state index contributed by atoms with van der Waals surface area (Å²) in [7, 11) is 0. The Hall–Kier alpha value is -4.66. The van der Waals surface area contributed by atoms with Crippen LogP contribution in [0.25, 0.3) is 22.6 Å². The molecule has 1 amide bonds. The predicted octanol–water partition coefficient (Wildman–Crippen LogP) is 6.00. The van der Waals surface area contributed by atoms with Crippen molar-refractivity contribution < 1.29 is 27.1 Å². The van der Waals surface area contributed by atoms with Crippen molar-refractivity contribution in [3.8, 4) is 23.3 Å². The second-order valence-corrected chi connectivity index (χ2v) is 11.1. The molecule has 0 saturated carbocycles. The Morgan fingerprint density at radius 2 is 1.83 bits per heavy atom. The Labute approximate surface area is 240 Å². The number of anilines is 1. The van der Waals surface area contributed by atoms with E-state index in [0.717, 1.165) is 12.3 Å². The van der Waals surface area contributed by atoms with Gasteiger partial charge in [-0.05, 0) is 75.9 Å². The van der Waals surface area contributed by atoms with Crippen LogP contribution < -0.4 is 15.0 Å². The minimum Gasteiger partial charge on any atom is -0.484 e. The number of halogens is 3. The van der Waals surface area contributed by atoms with E-state index in [1.807, 2.05) is 20.8 Å². The third-order valence-electron chi connectivity index (χ3n) is 6.78. The van der Waals surface area contributed by atoms with E-state index in [4.69, 9.17) is 9.15 Å². The summed E-state index contributed by atoms with van der Waals surface area (Å²) in [4.78, 5) is 26.7. The van der Waals surface area contributed by atoms with Crippen molar-refractivity contribution in [2.75, 3.05) is 24.5 Å². The molecule has 5 rings (SSSR count). The van der Waals surface area contributed by atoms with Crippen molar-refractivity contribution >= 4 is 23.0 Å². The van der Waals surface area contributed by atoms with Crippen molar-refractivity contribution in [2.45, 2.75) is 45.4 Å². The zero-order valence-electron chi connectivity index (χ0n) is 23.3. The third-order valence-corrected chi connectivity index (χ3v) is 6.78. The number of piperidine rings is 1. The maximum absolute atomic E-state index is 13.0. The second-order valence-electron chi connectivity index (χ2n) is 11.1. The van der Waals surface area contributed by atoms with Gasteiger partial charge in [0.1, 0.15) is 16.8 Å². The summed E-state index contributed by atoms with van der Waals surface area (Å²) in [5.41, 5.74) is 0.999. The monoisotopic (exact) mass is 578 g/mol. The maximum atomic E-state index is 13.0. The fourth-order valence-corrected chi connectivity index (χ4v) is 4.69. The molecule has 9 nitrogen and oxygen atoms in total. The fraction of sp³-hybridized carbons (Fsp3) is 0.367. The zero-order chi connectivity index (χ0) is 30.1. The molecule has 2 aromatic carbocycles. The lowest BCUT2D eigenvalue weighted by Crippen LogP contribution is -2.39. The summed E-state index contributed by atoms with van der Waals surface area (Å²) >= 11 is 0. The predicted molar refractivity (Wildman–Crippen MR) is 149 cm³/mol. The first-order chi connectivity index (χ1) is 19.9. The van der Waals surface area contributed by atoms with Gasteiger partial charge in [0.15, 0.2) is 11.3 Å². The molecule has 12 heteroatoms. The molecular weight excluding hydrogens is 549 g/mol. The Morgan fingerprint density at radius 1 is 1.12 bits per heavy atom. The normalized spacial score (nSPS) is 14.5. The molecule has 3 heterocycles. The highest BCUT2D eigenvalue weighted by Gasteiger charge is 2.33. The Kier molecular flexibility index (Phi) is 7.77. The van der Waals surface area contributed by atoms with Crippen LogP contribution in [0.15, 0.2) is 53.1 Å². The largest absolute Gasteiger partial charge is 0.484 e. The molecule has 2 aromatic heterocycles. The highest BCUT2D eigenvalue weighted by molar-refractivity contribution is 5.94. The van der Waals surface area contributed by atoms with Gasteiger partial charge in [-0.2, -0.15) is 18.4 Å². The molecule has 4 aromatic rings. The van der Waals surface area contributed by atoms with Crippen molar-refractivity contribution in [1.29, 1.82) is 5.26 Å². The minimum absolute atomic E-state index is 0.0646. The van der Waals surface area contributed by atoms with Crippen LogP contribution in [0.2, 0.25) is 0 Å². The average molecular weight is 579 g/mol. The van der Waals surface area contributed by atoms with Crippen LogP contribution in [0.1, 0.15) is 55.2 Å². The highest BCUT2D eigenvalue weighted by atomic mass is 19.4. The summed E-state index contributed by atoms with van der Waals surface area (Å²) < 4.78 is 51.0. The number of hydrogen-bond donors (Lipinski definition) is 1. The maximum Gasteiger partial charge on any atom is 0.433 e. The van der Waals surface area contributed by atoms with E-state index < -0.39 is 17.5 Å². The summed E-state index contributed by atoms with van der Waals surface area (Å²) in [6, 6.07) is 13.1. The summed E-state index contributed by atoms with van der Waals surface area (Å²) in [5.74, 6) is 0.775. The van der Waals surface area contributed by atoms with E-state index in [0.29, 0.717) is 71.9 Å². The number of benzene rings is 2. The van der Waals surface area contributed by atoms with E-state index in [1.54, 1.807) is 41.3 Å². The summed E-state index contributed by atoms with van der Waals surface area (Å²) in [6.45, 7) is 7.15. The van der Waals surface area contributed by atoms with Crippen LogP contribution in [0.4, 0.5) is 19.1 Å². The average Bonchev–Trinajstić information content (AvgIpc) is 3.40. The fourth-order valence-electron chi connectivity index (χ4n) is 4.69. The molecule has 42 heavy (non-hydrogen) atoms. The number of ether oxygens (including phenoxy) is 1. The lowest BCUT2D eigenvalue weighted by atomic mass is 9.97.